The molecule has 0 atom stereocenters. The van der Waals surface area contributed by atoms with Crippen molar-refractivity contribution in [1.29, 1.82) is 0 Å². The third-order valence-corrected chi connectivity index (χ3v) is 7.13. The molecule has 0 bridgehead atoms. The number of nitrogens with one attached hydrogen (secondary N) is 2. The van der Waals surface area contributed by atoms with E-state index < -0.39 is 0 Å². The standard InChI is InChI=1S/C30H30FN3O2/c1-30(15-7-8-16-30)19-28(35)32-24-13-14-26-22(17-24)18-27(29(36)33-23-10-3-2-4-11-23)34(26)20-21-9-5-6-12-25(21)31/h2-6,9-14,17-18H,7-8,15-16,19-20H2,1H3,(H,32,35)(H,33,36). The first-order valence-electron chi connectivity index (χ1n) is 12.4. The Hall–Kier alpha value is -3.93. The zero-order valence-electron chi connectivity index (χ0n) is 20.4. The van der Waals surface area contributed by atoms with Crippen LogP contribution in [0.2, 0.25) is 0 Å². The van der Waals surface area contributed by atoms with Crippen molar-refractivity contribution in [3.05, 3.63) is 95.9 Å². The van der Waals surface area contributed by atoms with Gasteiger partial charge >= 0.3 is 0 Å². The van der Waals surface area contributed by atoms with Crippen molar-refractivity contribution >= 4 is 34.1 Å². The van der Waals surface area contributed by atoms with E-state index in [9.17, 15) is 14.0 Å². The van der Waals surface area contributed by atoms with Crippen LogP contribution in [0.5, 0.6) is 0 Å². The number of nitrogens with zero attached hydrogens (tertiary/aromatic N) is 1. The Kier molecular flexibility index (Phi) is 6.59. The number of anilines is 2. The number of para-hydroxylation sites is 1. The molecule has 0 unspecified atom stereocenters. The molecule has 1 aliphatic carbocycles. The van der Waals surface area contributed by atoms with E-state index in [1.165, 1.54) is 18.9 Å². The van der Waals surface area contributed by atoms with Crippen LogP contribution in [0.25, 0.3) is 10.9 Å². The van der Waals surface area contributed by atoms with Crippen molar-refractivity contribution in [3.63, 3.8) is 0 Å². The Bertz CT molecular complexity index is 1400. The number of fused-ring (bicyclic) bond motifs is 1. The van der Waals surface area contributed by atoms with Gasteiger partial charge in [0.25, 0.3) is 5.91 Å². The lowest BCUT2D eigenvalue weighted by Crippen LogP contribution is -2.22. The summed E-state index contributed by atoms with van der Waals surface area (Å²) in [5, 5.41) is 6.76. The number of carbonyl (C=O) groups excluding carboxylic acids is 2. The second-order valence-corrected chi connectivity index (χ2v) is 10.0. The first kappa shape index (κ1) is 23.8. The molecule has 0 radical (unpaired) electrons. The van der Waals surface area contributed by atoms with Crippen LogP contribution in [0.15, 0.2) is 78.9 Å². The number of hydrogen-bond donors (Lipinski definition) is 2. The number of rotatable bonds is 7. The molecule has 6 heteroatoms. The molecule has 36 heavy (non-hydrogen) atoms. The Morgan fingerprint density at radius 2 is 1.61 bits per heavy atom. The van der Waals surface area contributed by atoms with E-state index in [-0.39, 0.29) is 29.6 Å². The molecule has 0 aliphatic heterocycles. The maximum Gasteiger partial charge on any atom is 0.272 e. The van der Waals surface area contributed by atoms with E-state index in [0.717, 1.165) is 23.7 Å². The van der Waals surface area contributed by atoms with Crippen molar-refractivity contribution in [1.82, 2.24) is 4.57 Å². The molecule has 3 aromatic carbocycles. The van der Waals surface area contributed by atoms with Crippen molar-refractivity contribution in [3.8, 4) is 0 Å². The molecule has 4 aromatic rings. The molecule has 2 N–H and O–H groups in total. The molecular weight excluding hydrogens is 453 g/mol. The molecule has 2 amide bonds. The van der Waals surface area contributed by atoms with Crippen LogP contribution in [0.3, 0.4) is 0 Å². The van der Waals surface area contributed by atoms with Gasteiger partial charge < -0.3 is 15.2 Å². The maximum absolute atomic E-state index is 14.5. The van der Waals surface area contributed by atoms with Gasteiger partial charge in [0, 0.05) is 34.3 Å². The van der Waals surface area contributed by atoms with E-state index in [0.29, 0.717) is 29.1 Å². The van der Waals surface area contributed by atoms with Crippen LogP contribution in [0.4, 0.5) is 15.8 Å². The molecule has 1 aromatic heterocycles. The van der Waals surface area contributed by atoms with Crippen molar-refractivity contribution in [2.24, 2.45) is 5.41 Å². The summed E-state index contributed by atoms with van der Waals surface area (Å²) in [6.45, 7) is 2.39. The summed E-state index contributed by atoms with van der Waals surface area (Å²) in [4.78, 5) is 26.0. The molecule has 5 rings (SSSR count). The number of carbonyl (C=O) groups is 2. The number of amides is 2. The molecular formula is C30H30FN3O2. The van der Waals surface area contributed by atoms with Gasteiger partial charge in [0.1, 0.15) is 11.5 Å². The number of aromatic nitrogens is 1. The Labute approximate surface area is 210 Å². The fourth-order valence-electron chi connectivity index (χ4n) is 5.22. The van der Waals surface area contributed by atoms with Crippen LogP contribution in [-0.4, -0.2) is 16.4 Å². The van der Waals surface area contributed by atoms with Gasteiger partial charge in [-0.05, 0) is 60.7 Å². The minimum Gasteiger partial charge on any atom is -0.332 e. The van der Waals surface area contributed by atoms with Gasteiger partial charge in [-0.2, -0.15) is 0 Å². The number of benzene rings is 3. The van der Waals surface area contributed by atoms with Gasteiger partial charge in [0.15, 0.2) is 0 Å². The second kappa shape index (κ2) is 9.97. The minimum atomic E-state index is -0.321. The van der Waals surface area contributed by atoms with Gasteiger partial charge in [-0.3, -0.25) is 9.59 Å². The average molecular weight is 484 g/mol. The third kappa shape index (κ3) is 5.18. The van der Waals surface area contributed by atoms with Crippen LogP contribution in [0.1, 0.15) is 55.1 Å². The van der Waals surface area contributed by atoms with E-state index in [4.69, 9.17) is 0 Å². The summed E-state index contributed by atoms with van der Waals surface area (Å²) < 4.78 is 16.3. The lowest BCUT2D eigenvalue weighted by Gasteiger charge is -2.22. The van der Waals surface area contributed by atoms with Gasteiger partial charge in [0.2, 0.25) is 5.91 Å². The van der Waals surface area contributed by atoms with E-state index >= 15 is 0 Å². The normalized spacial score (nSPS) is 14.6. The van der Waals surface area contributed by atoms with Crippen LogP contribution in [0, 0.1) is 11.2 Å². The van der Waals surface area contributed by atoms with Crippen molar-refractivity contribution in [2.75, 3.05) is 10.6 Å². The summed E-state index contributed by atoms with van der Waals surface area (Å²) in [5.41, 5.74) is 3.13. The van der Waals surface area contributed by atoms with Crippen LogP contribution in [-0.2, 0) is 11.3 Å². The molecule has 1 saturated carbocycles. The average Bonchev–Trinajstić information content (AvgIpc) is 3.44. The first-order valence-corrected chi connectivity index (χ1v) is 12.4. The zero-order valence-corrected chi connectivity index (χ0v) is 20.4. The molecule has 1 heterocycles. The predicted molar refractivity (Wildman–Crippen MR) is 142 cm³/mol. The Morgan fingerprint density at radius 3 is 2.36 bits per heavy atom. The van der Waals surface area contributed by atoms with Crippen LogP contribution < -0.4 is 10.6 Å². The molecule has 0 spiro atoms. The van der Waals surface area contributed by atoms with Crippen LogP contribution >= 0.6 is 0 Å². The highest BCUT2D eigenvalue weighted by molar-refractivity contribution is 6.07. The predicted octanol–water partition coefficient (Wildman–Crippen LogP) is 6.99. The summed E-state index contributed by atoms with van der Waals surface area (Å²) >= 11 is 0. The van der Waals surface area contributed by atoms with Gasteiger partial charge in [-0.15, -0.1) is 0 Å². The van der Waals surface area contributed by atoms with E-state index in [2.05, 4.69) is 17.6 Å². The SMILES string of the molecule is CC1(CC(=O)Nc2ccc3c(c2)cc(C(=O)Nc2ccccc2)n3Cc2ccccc2F)CCCC1. The minimum absolute atomic E-state index is 0.00610. The third-order valence-electron chi connectivity index (χ3n) is 7.13. The molecule has 1 fully saturated rings. The smallest absolute Gasteiger partial charge is 0.272 e. The fourth-order valence-corrected chi connectivity index (χ4v) is 5.22. The molecule has 5 nitrogen and oxygen atoms in total. The molecule has 1 aliphatic rings. The van der Waals surface area contributed by atoms with E-state index in [1.54, 1.807) is 24.3 Å². The lowest BCUT2D eigenvalue weighted by atomic mass is 9.85. The van der Waals surface area contributed by atoms with Crippen molar-refractivity contribution in [2.45, 2.75) is 45.6 Å². The number of hydrogen-bond acceptors (Lipinski definition) is 2. The maximum atomic E-state index is 14.5. The van der Waals surface area contributed by atoms with E-state index in [1.807, 2.05) is 53.1 Å². The van der Waals surface area contributed by atoms with Gasteiger partial charge in [-0.25, -0.2) is 4.39 Å². The van der Waals surface area contributed by atoms with Crippen molar-refractivity contribution < 1.29 is 14.0 Å². The monoisotopic (exact) mass is 483 g/mol. The van der Waals surface area contributed by atoms with Gasteiger partial charge in [-0.1, -0.05) is 56.2 Å². The largest absolute Gasteiger partial charge is 0.332 e. The second-order valence-electron chi connectivity index (χ2n) is 10.0. The lowest BCUT2D eigenvalue weighted by molar-refractivity contribution is -0.118. The topological polar surface area (TPSA) is 63.1 Å². The highest BCUT2D eigenvalue weighted by Crippen LogP contribution is 2.40. The summed E-state index contributed by atoms with van der Waals surface area (Å²) in [6, 6.07) is 23.2. The zero-order chi connectivity index (χ0) is 25.1. The first-order chi connectivity index (χ1) is 17.4. The molecule has 0 saturated heterocycles. The summed E-state index contributed by atoms with van der Waals surface area (Å²) in [6.07, 6.45) is 5.03. The quantitative estimate of drug-likeness (QED) is 0.298. The highest BCUT2D eigenvalue weighted by atomic mass is 19.1. The fraction of sp³-hybridized carbons (Fsp3) is 0.267. The highest BCUT2D eigenvalue weighted by Gasteiger charge is 2.31. The van der Waals surface area contributed by atoms with Gasteiger partial charge in [0.05, 0.1) is 6.54 Å². The summed E-state index contributed by atoms with van der Waals surface area (Å²) in [7, 11) is 0. The summed E-state index contributed by atoms with van der Waals surface area (Å²) in [5.74, 6) is -0.599. The Morgan fingerprint density at radius 1 is 0.889 bits per heavy atom. The Balaban J connectivity index is 1.46. The number of halogens is 1. The molecule has 184 valence electrons.